The van der Waals surface area contributed by atoms with Gasteiger partial charge in [-0.15, -0.1) is 0 Å². The molecule has 0 spiro atoms. The van der Waals surface area contributed by atoms with Crippen LogP contribution >= 0.6 is 11.3 Å². The highest BCUT2D eigenvalue weighted by Crippen LogP contribution is 2.27. The van der Waals surface area contributed by atoms with Crippen molar-refractivity contribution in [2.24, 2.45) is 0 Å². The van der Waals surface area contributed by atoms with E-state index in [-0.39, 0.29) is 11.5 Å². The molecule has 0 aliphatic rings. The Balaban J connectivity index is 2.76. The third-order valence-corrected chi connectivity index (χ3v) is 2.42. The average molecular weight is 217 g/mol. The SMILES string of the molecule is CN(CC(=O)O)c1ncc([N+](=O)[O-])s1. The van der Waals surface area contributed by atoms with E-state index in [2.05, 4.69) is 4.98 Å². The maximum Gasteiger partial charge on any atom is 0.345 e. The van der Waals surface area contributed by atoms with Crippen molar-refractivity contribution >= 4 is 27.4 Å². The Kier molecular flexibility index (Phi) is 2.97. The van der Waals surface area contributed by atoms with Gasteiger partial charge in [0, 0.05) is 7.05 Å². The zero-order valence-corrected chi connectivity index (χ0v) is 8.02. The van der Waals surface area contributed by atoms with Crippen LogP contribution in [0.5, 0.6) is 0 Å². The minimum Gasteiger partial charge on any atom is -0.480 e. The van der Waals surface area contributed by atoms with Crippen LogP contribution in [0.4, 0.5) is 10.1 Å². The van der Waals surface area contributed by atoms with Gasteiger partial charge in [-0.25, -0.2) is 4.98 Å². The summed E-state index contributed by atoms with van der Waals surface area (Å²) < 4.78 is 0. The number of nitrogens with zero attached hydrogens (tertiary/aromatic N) is 3. The Morgan fingerprint density at radius 1 is 1.86 bits per heavy atom. The first-order chi connectivity index (χ1) is 6.50. The van der Waals surface area contributed by atoms with E-state index in [1.54, 1.807) is 0 Å². The summed E-state index contributed by atoms with van der Waals surface area (Å²) in [5.41, 5.74) is 0. The van der Waals surface area contributed by atoms with Crippen molar-refractivity contribution in [1.82, 2.24) is 4.98 Å². The van der Waals surface area contributed by atoms with Crippen molar-refractivity contribution in [3.63, 3.8) is 0 Å². The zero-order valence-electron chi connectivity index (χ0n) is 7.21. The lowest BCUT2D eigenvalue weighted by molar-refractivity contribution is -0.380. The molecule has 1 aromatic heterocycles. The number of anilines is 1. The van der Waals surface area contributed by atoms with Gasteiger partial charge in [-0.3, -0.25) is 14.9 Å². The molecule has 0 bridgehead atoms. The van der Waals surface area contributed by atoms with Crippen LogP contribution in [0.3, 0.4) is 0 Å². The summed E-state index contributed by atoms with van der Waals surface area (Å²) in [7, 11) is 1.51. The molecule has 1 rings (SSSR count). The Morgan fingerprint density at radius 2 is 2.50 bits per heavy atom. The monoisotopic (exact) mass is 217 g/mol. The molecule has 0 radical (unpaired) electrons. The van der Waals surface area contributed by atoms with Gasteiger partial charge >= 0.3 is 11.0 Å². The number of thiazole rings is 1. The van der Waals surface area contributed by atoms with Gasteiger partial charge in [0.05, 0.1) is 4.92 Å². The minimum atomic E-state index is -1.01. The molecule has 14 heavy (non-hydrogen) atoms. The van der Waals surface area contributed by atoms with Gasteiger partial charge < -0.3 is 10.0 Å². The average Bonchev–Trinajstić information content (AvgIpc) is 2.50. The fourth-order valence-electron chi connectivity index (χ4n) is 0.788. The molecule has 1 N–H and O–H groups in total. The second kappa shape index (κ2) is 4.01. The van der Waals surface area contributed by atoms with Crippen LogP contribution in [0.25, 0.3) is 0 Å². The number of likely N-dealkylation sites (N-methyl/N-ethyl adjacent to an activating group) is 1. The number of carboxylic acid groups (broad SMARTS) is 1. The molecule has 7 nitrogen and oxygen atoms in total. The van der Waals surface area contributed by atoms with Crippen LogP contribution in [0.1, 0.15) is 0 Å². The van der Waals surface area contributed by atoms with Gasteiger partial charge in [0.25, 0.3) is 0 Å². The Bertz CT molecular complexity index is 364. The lowest BCUT2D eigenvalue weighted by Crippen LogP contribution is -2.24. The highest BCUT2D eigenvalue weighted by molar-refractivity contribution is 7.18. The summed E-state index contributed by atoms with van der Waals surface area (Å²) in [6, 6.07) is 0. The molecule has 0 amide bonds. The topological polar surface area (TPSA) is 96.6 Å². The first-order valence-corrected chi connectivity index (χ1v) is 4.35. The summed E-state index contributed by atoms with van der Waals surface area (Å²) in [5, 5.41) is 19.0. The number of aromatic nitrogens is 1. The quantitative estimate of drug-likeness (QED) is 0.585. The van der Waals surface area contributed by atoms with E-state index in [9.17, 15) is 14.9 Å². The van der Waals surface area contributed by atoms with Gasteiger partial charge in [-0.2, -0.15) is 0 Å². The molecule has 0 saturated heterocycles. The molecule has 0 atom stereocenters. The van der Waals surface area contributed by atoms with Gasteiger partial charge in [0.15, 0.2) is 5.13 Å². The van der Waals surface area contributed by atoms with Gasteiger partial charge in [-0.1, -0.05) is 0 Å². The van der Waals surface area contributed by atoms with Crippen LogP contribution in [0.15, 0.2) is 6.20 Å². The molecule has 8 heteroatoms. The van der Waals surface area contributed by atoms with Crippen LogP contribution in [-0.2, 0) is 4.79 Å². The summed E-state index contributed by atoms with van der Waals surface area (Å²) >= 11 is 0.843. The molecule has 0 aliphatic heterocycles. The van der Waals surface area contributed by atoms with Crippen LogP contribution < -0.4 is 4.90 Å². The lowest BCUT2D eigenvalue weighted by atomic mass is 10.6. The largest absolute Gasteiger partial charge is 0.480 e. The van der Waals surface area contributed by atoms with Crippen molar-refractivity contribution in [2.45, 2.75) is 0 Å². The van der Waals surface area contributed by atoms with E-state index in [1.165, 1.54) is 11.9 Å². The fourth-order valence-corrected chi connectivity index (χ4v) is 1.48. The Labute approximate surface area is 82.8 Å². The molecule has 1 heterocycles. The highest BCUT2D eigenvalue weighted by Gasteiger charge is 2.15. The number of hydrogen-bond acceptors (Lipinski definition) is 6. The molecule has 0 aromatic carbocycles. The molecule has 76 valence electrons. The molecule has 0 aliphatic carbocycles. The van der Waals surface area contributed by atoms with Gasteiger partial charge in [0.1, 0.15) is 12.7 Å². The maximum absolute atomic E-state index is 10.3. The summed E-state index contributed by atoms with van der Waals surface area (Å²) in [5.74, 6) is -1.01. The molecule has 0 fully saturated rings. The summed E-state index contributed by atoms with van der Waals surface area (Å²) in [4.78, 5) is 25.1. The second-order valence-electron chi connectivity index (χ2n) is 2.49. The minimum absolute atomic E-state index is 0.0998. The fraction of sp³-hybridized carbons (Fsp3) is 0.333. The Hall–Kier alpha value is -1.70. The van der Waals surface area contributed by atoms with Crippen molar-refractivity contribution in [3.05, 3.63) is 16.3 Å². The first-order valence-electron chi connectivity index (χ1n) is 3.54. The van der Waals surface area contributed by atoms with Gasteiger partial charge in [-0.05, 0) is 11.3 Å². The lowest BCUT2D eigenvalue weighted by Gasteiger charge is -2.10. The third kappa shape index (κ3) is 2.39. The standard InChI is InChI=1S/C6H7N3O4S/c1-8(3-5(10)11)6-7-2-4(14-6)9(12)13/h2H,3H2,1H3,(H,10,11). The predicted octanol–water partition coefficient (Wildman–Crippen LogP) is 0.572. The highest BCUT2D eigenvalue weighted by atomic mass is 32.1. The van der Waals surface area contributed by atoms with Gasteiger partial charge in [0.2, 0.25) is 0 Å². The first kappa shape index (κ1) is 10.4. The van der Waals surface area contributed by atoms with Crippen molar-refractivity contribution in [1.29, 1.82) is 0 Å². The smallest absolute Gasteiger partial charge is 0.345 e. The molecular weight excluding hydrogens is 210 g/mol. The van der Waals surface area contributed by atoms with E-state index < -0.39 is 10.9 Å². The molecule has 1 aromatic rings. The number of carbonyl (C=O) groups is 1. The predicted molar refractivity (Wildman–Crippen MR) is 49.7 cm³/mol. The second-order valence-corrected chi connectivity index (χ2v) is 3.48. The molecule has 0 unspecified atom stereocenters. The summed E-state index contributed by atoms with van der Waals surface area (Å²) in [6.07, 6.45) is 1.11. The number of aliphatic carboxylic acids is 1. The number of rotatable bonds is 4. The Morgan fingerprint density at radius 3 is 2.93 bits per heavy atom. The summed E-state index contributed by atoms with van der Waals surface area (Å²) in [6.45, 7) is -0.231. The van der Waals surface area contributed by atoms with E-state index in [0.717, 1.165) is 17.5 Å². The maximum atomic E-state index is 10.3. The molecular formula is C6H7N3O4S. The van der Waals surface area contributed by atoms with E-state index in [4.69, 9.17) is 5.11 Å². The van der Waals surface area contributed by atoms with Crippen molar-refractivity contribution in [2.75, 3.05) is 18.5 Å². The molecule has 0 saturated carbocycles. The van der Waals surface area contributed by atoms with E-state index in [0.29, 0.717) is 5.13 Å². The zero-order chi connectivity index (χ0) is 10.7. The van der Waals surface area contributed by atoms with Crippen LogP contribution in [0.2, 0.25) is 0 Å². The van der Waals surface area contributed by atoms with E-state index >= 15 is 0 Å². The van der Waals surface area contributed by atoms with Crippen LogP contribution in [-0.4, -0.2) is 34.6 Å². The van der Waals surface area contributed by atoms with Crippen molar-refractivity contribution in [3.8, 4) is 0 Å². The number of nitro groups is 1. The number of hydrogen-bond donors (Lipinski definition) is 1. The normalized spacial score (nSPS) is 9.79. The van der Waals surface area contributed by atoms with E-state index in [1.807, 2.05) is 0 Å². The van der Waals surface area contributed by atoms with Crippen LogP contribution in [0, 0.1) is 10.1 Å². The third-order valence-electron chi connectivity index (χ3n) is 1.36. The van der Waals surface area contributed by atoms with Crippen molar-refractivity contribution < 1.29 is 14.8 Å². The number of carboxylic acids is 1.